The van der Waals surface area contributed by atoms with E-state index in [2.05, 4.69) is 20.1 Å². The van der Waals surface area contributed by atoms with E-state index in [1.807, 2.05) is 35.8 Å². The van der Waals surface area contributed by atoms with E-state index >= 15 is 0 Å². The molecule has 3 heterocycles. The third-order valence-electron chi connectivity index (χ3n) is 4.57. The molecule has 1 aromatic carbocycles. The number of rotatable bonds is 5. The Morgan fingerprint density at radius 3 is 2.93 bits per heavy atom. The highest BCUT2D eigenvalue weighted by atomic mass is 16.5. The van der Waals surface area contributed by atoms with E-state index in [4.69, 9.17) is 4.52 Å². The van der Waals surface area contributed by atoms with Crippen LogP contribution < -0.4 is 0 Å². The third kappa shape index (κ3) is 3.29. The maximum Gasteiger partial charge on any atom is 0.276 e. The summed E-state index contributed by atoms with van der Waals surface area (Å²) in [7, 11) is 1.72. The number of benzene rings is 1. The highest BCUT2D eigenvalue weighted by Crippen LogP contribution is 2.19. The van der Waals surface area contributed by atoms with Crippen LogP contribution in [0.3, 0.4) is 0 Å². The topological polar surface area (TPSA) is 89.9 Å². The molecule has 136 valence electrons. The molecule has 0 saturated heterocycles. The summed E-state index contributed by atoms with van der Waals surface area (Å²) in [6.45, 7) is 2.35. The molecule has 0 fully saturated rings. The molecule has 8 heteroatoms. The minimum atomic E-state index is -0.230. The number of nitrogens with zero attached hydrogens (tertiary/aromatic N) is 6. The van der Waals surface area contributed by atoms with E-state index in [-0.39, 0.29) is 17.6 Å². The molecule has 0 aliphatic carbocycles. The number of carbonyl (C=O) groups excluding carboxylic acids is 1. The van der Waals surface area contributed by atoms with Gasteiger partial charge in [-0.1, -0.05) is 17.3 Å². The first-order valence-electron chi connectivity index (χ1n) is 8.52. The van der Waals surface area contributed by atoms with Gasteiger partial charge in [-0.2, -0.15) is 0 Å². The van der Waals surface area contributed by atoms with Crippen molar-refractivity contribution >= 4 is 16.9 Å². The Labute approximate surface area is 155 Å². The van der Waals surface area contributed by atoms with Gasteiger partial charge in [-0.05, 0) is 25.1 Å². The number of hydrogen-bond acceptors (Lipinski definition) is 6. The van der Waals surface area contributed by atoms with Crippen LogP contribution in [0.15, 0.2) is 59.8 Å². The van der Waals surface area contributed by atoms with Crippen LogP contribution in [0.5, 0.6) is 0 Å². The summed E-state index contributed by atoms with van der Waals surface area (Å²) < 4.78 is 7.33. The van der Waals surface area contributed by atoms with Crippen LogP contribution in [-0.4, -0.2) is 42.5 Å². The smallest absolute Gasteiger partial charge is 0.276 e. The summed E-state index contributed by atoms with van der Waals surface area (Å²) in [5, 5.41) is 3.94. The minimum Gasteiger partial charge on any atom is -0.359 e. The monoisotopic (exact) mass is 362 g/mol. The second-order valence-electron chi connectivity index (χ2n) is 6.27. The summed E-state index contributed by atoms with van der Waals surface area (Å²) in [5.41, 5.74) is 2.93. The molecular weight excluding hydrogens is 344 g/mol. The quantitative estimate of drug-likeness (QED) is 0.542. The molecule has 3 aromatic heterocycles. The average molecular weight is 362 g/mol. The fourth-order valence-electron chi connectivity index (χ4n) is 2.90. The van der Waals surface area contributed by atoms with E-state index in [0.717, 1.165) is 16.7 Å². The molecule has 0 radical (unpaired) electrons. The number of amides is 1. The van der Waals surface area contributed by atoms with Crippen molar-refractivity contribution < 1.29 is 9.32 Å². The predicted octanol–water partition coefficient (Wildman–Crippen LogP) is 2.70. The van der Waals surface area contributed by atoms with Crippen LogP contribution in [0, 0.1) is 0 Å². The lowest BCUT2D eigenvalue weighted by atomic mass is 10.2. The SMILES string of the molecule is C[C@H](c1ccncn1)N(C)C(=O)c1cc(Cn2cnc3ccccc32)on1. The molecule has 0 aliphatic heterocycles. The van der Waals surface area contributed by atoms with Gasteiger partial charge in [0, 0.05) is 19.3 Å². The van der Waals surface area contributed by atoms with Crippen LogP contribution in [0.25, 0.3) is 11.0 Å². The summed E-state index contributed by atoms with van der Waals surface area (Å²) in [6.07, 6.45) is 4.87. The number of fused-ring (bicyclic) bond motifs is 1. The highest BCUT2D eigenvalue weighted by molar-refractivity contribution is 5.92. The lowest BCUT2D eigenvalue weighted by Crippen LogP contribution is -2.30. The van der Waals surface area contributed by atoms with E-state index < -0.39 is 0 Å². The van der Waals surface area contributed by atoms with Crippen molar-refractivity contribution in [1.29, 1.82) is 0 Å². The molecule has 4 aromatic rings. The van der Waals surface area contributed by atoms with Crippen LogP contribution in [-0.2, 0) is 6.54 Å². The Balaban J connectivity index is 1.51. The second-order valence-corrected chi connectivity index (χ2v) is 6.27. The zero-order chi connectivity index (χ0) is 18.8. The average Bonchev–Trinajstić information content (AvgIpc) is 3.35. The third-order valence-corrected chi connectivity index (χ3v) is 4.57. The van der Waals surface area contributed by atoms with Crippen molar-refractivity contribution in [3.8, 4) is 0 Å². The van der Waals surface area contributed by atoms with Crippen LogP contribution in [0.2, 0.25) is 0 Å². The molecule has 0 unspecified atom stereocenters. The molecule has 0 spiro atoms. The number of para-hydroxylation sites is 2. The molecular formula is C19H18N6O2. The molecule has 8 nitrogen and oxygen atoms in total. The molecule has 1 amide bonds. The fraction of sp³-hybridized carbons (Fsp3) is 0.211. The van der Waals surface area contributed by atoms with Gasteiger partial charge in [0.25, 0.3) is 5.91 Å². The second kappa shape index (κ2) is 6.99. The van der Waals surface area contributed by atoms with Gasteiger partial charge < -0.3 is 14.0 Å². The largest absolute Gasteiger partial charge is 0.359 e. The van der Waals surface area contributed by atoms with Gasteiger partial charge in [-0.3, -0.25) is 4.79 Å². The van der Waals surface area contributed by atoms with Crippen molar-refractivity contribution in [3.63, 3.8) is 0 Å². The Bertz CT molecular complexity index is 1070. The molecule has 0 aliphatic rings. The summed E-state index contributed by atoms with van der Waals surface area (Å²) in [4.78, 5) is 26.8. The van der Waals surface area contributed by atoms with Gasteiger partial charge in [0.15, 0.2) is 11.5 Å². The molecule has 0 bridgehead atoms. The predicted molar refractivity (Wildman–Crippen MR) is 97.9 cm³/mol. The zero-order valence-corrected chi connectivity index (χ0v) is 15.0. The molecule has 1 atom stereocenters. The maximum atomic E-state index is 12.7. The first-order chi connectivity index (χ1) is 13.1. The minimum absolute atomic E-state index is 0.210. The Hall–Kier alpha value is -3.55. The maximum absolute atomic E-state index is 12.7. The van der Waals surface area contributed by atoms with Crippen molar-refractivity contribution in [1.82, 2.24) is 29.6 Å². The molecule has 4 rings (SSSR count). The molecule has 27 heavy (non-hydrogen) atoms. The standard InChI is InChI=1S/C19H18N6O2/c1-13(15-7-8-20-11-21-15)24(2)19(26)17-9-14(27-23-17)10-25-12-22-16-5-3-4-6-18(16)25/h3-9,11-13H,10H2,1-2H3/t13-/m1/s1. The van der Waals surface area contributed by atoms with Crippen molar-refractivity contribution in [2.75, 3.05) is 7.05 Å². The van der Waals surface area contributed by atoms with E-state index in [9.17, 15) is 4.79 Å². The number of imidazole rings is 1. The van der Waals surface area contributed by atoms with Crippen LogP contribution in [0.4, 0.5) is 0 Å². The Kier molecular flexibility index (Phi) is 4.37. The number of hydrogen-bond donors (Lipinski definition) is 0. The van der Waals surface area contributed by atoms with Gasteiger partial charge in [0.2, 0.25) is 0 Å². The summed E-state index contributed by atoms with van der Waals surface area (Å²) in [6, 6.07) is 11.1. The summed E-state index contributed by atoms with van der Waals surface area (Å²) >= 11 is 0. The first-order valence-corrected chi connectivity index (χ1v) is 8.52. The molecule has 0 saturated carbocycles. The summed E-state index contributed by atoms with van der Waals surface area (Å²) in [5.74, 6) is 0.358. The van der Waals surface area contributed by atoms with Crippen molar-refractivity contribution in [2.45, 2.75) is 19.5 Å². The van der Waals surface area contributed by atoms with Gasteiger partial charge >= 0.3 is 0 Å². The fourth-order valence-corrected chi connectivity index (χ4v) is 2.90. The lowest BCUT2D eigenvalue weighted by molar-refractivity contribution is 0.0729. The zero-order valence-electron chi connectivity index (χ0n) is 15.0. The van der Waals surface area contributed by atoms with Gasteiger partial charge in [0.05, 0.1) is 35.6 Å². The highest BCUT2D eigenvalue weighted by Gasteiger charge is 2.23. The van der Waals surface area contributed by atoms with Crippen LogP contribution in [0.1, 0.15) is 34.9 Å². The Morgan fingerprint density at radius 2 is 2.11 bits per heavy atom. The Morgan fingerprint density at radius 1 is 1.26 bits per heavy atom. The van der Waals surface area contributed by atoms with Gasteiger partial charge in [-0.15, -0.1) is 0 Å². The van der Waals surface area contributed by atoms with Gasteiger partial charge in [-0.25, -0.2) is 15.0 Å². The number of carbonyl (C=O) groups is 1. The van der Waals surface area contributed by atoms with E-state index in [1.165, 1.54) is 6.33 Å². The normalized spacial score (nSPS) is 12.2. The molecule has 0 N–H and O–H groups in total. The first kappa shape index (κ1) is 16.9. The number of aromatic nitrogens is 5. The van der Waals surface area contributed by atoms with Crippen molar-refractivity contribution in [2.24, 2.45) is 0 Å². The lowest BCUT2D eigenvalue weighted by Gasteiger charge is -2.23. The van der Waals surface area contributed by atoms with Gasteiger partial charge in [0.1, 0.15) is 6.33 Å². The van der Waals surface area contributed by atoms with Crippen LogP contribution >= 0.6 is 0 Å². The van der Waals surface area contributed by atoms with E-state index in [1.54, 1.807) is 36.6 Å². The van der Waals surface area contributed by atoms with Crippen molar-refractivity contribution in [3.05, 3.63) is 72.4 Å². The van der Waals surface area contributed by atoms with E-state index in [0.29, 0.717) is 12.3 Å².